The molecule has 6 nitrogen and oxygen atoms in total. The minimum absolute atomic E-state index is 0.000474. The summed E-state index contributed by atoms with van der Waals surface area (Å²) in [7, 11) is 1.64. The molecule has 0 unspecified atom stereocenters. The van der Waals surface area contributed by atoms with Gasteiger partial charge < -0.3 is 14.4 Å². The van der Waals surface area contributed by atoms with Gasteiger partial charge in [-0.3, -0.25) is 9.69 Å². The van der Waals surface area contributed by atoms with Crippen LogP contribution in [0.1, 0.15) is 91.4 Å². The largest absolute Gasteiger partial charge is 0.497 e. The van der Waals surface area contributed by atoms with E-state index in [2.05, 4.69) is 24.3 Å². The summed E-state index contributed by atoms with van der Waals surface area (Å²) in [5.41, 5.74) is 5.17. The van der Waals surface area contributed by atoms with E-state index in [0.717, 1.165) is 28.1 Å². The lowest BCUT2D eigenvalue weighted by atomic mass is 9.84. The Labute approximate surface area is 237 Å². The zero-order chi connectivity index (χ0) is 28.3. The van der Waals surface area contributed by atoms with Crippen molar-refractivity contribution in [3.63, 3.8) is 0 Å². The Balaban J connectivity index is 1.35. The van der Waals surface area contributed by atoms with Crippen LogP contribution in [0.25, 0.3) is 0 Å². The quantitative estimate of drug-likeness (QED) is 0.306. The maximum atomic E-state index is 13.4. The minimum atomic E-state index is -0.623. The first-order valence-corrected chi connectivity index (χ1v) is 14.3. The number of benzene rings is 3. The molecule has 0 saturated heterocycles. The maximum absolute atomic E-state index is 13.4. The molecule has 1 heterocycles. The molecule has 0 bridgehead atoms. The third-order valence-corrected chi connectivity index (χ3v) is 7.82. The van der Waals surface area contributed by atoms with E-state index in [1.54, 1.807) is 12.0 Å². The summed E-state index contributed by atoms with van der Waals surface area (Å²) in [6.07, 6.45) is 6.06. The first-order chi connectivity index (χ1) is 19.2. The average Bonchev–Trinajstić information content (AvgIpc) is 3.26. The lowest BCUT2D eigenvalue weighted by molar-refractivity contribution is 0.0577. The van der Waals surface area contributed by atoms with Crippen LogP contribution in [0.5, 0.6) is 5.75 Å². The first kappa shape index (κ1) is 27.8. The van der Waals surface area contributed by atoms with Gasteiger partial charge in [0.05, 0.1) is 13.7 Å². The number of hydrogen-bond acceptors (Lipinski definition) is 4. The predicted molar refractivity (Wildman–Crippen MR) is 158 cm³/mol. The second-order valence-electron chi connectivity index (χ2n) is 12.0. The van der Waals surface area contributed by atoms with Crippen molar-refractivity contribution in [3.8, 4) is 5.75 Å². The van der Waals surface area contributed by atoms with Crippen LogP contribution < -0.4 is 9.64 Å². The van der Waals surface area contributed by atoms with Gasteiger partial charge in [-0.15, -0.1) is 0 Å². The van der Waals surface area contributed by atoms with Gasteiger partial charge >= 0.3 is 6.09 Å². The monoisotopic (exact) mass is 540 g/mol. The molecule has 0 radical (unpaired) electrons. The topological polar surface area (TPSA) is 59.1 Å². The summed E-state index contributed by atoms with van der Waals surface area (Å²) in [4.78, 5) is 30.1. The Morgan fingerprint density at radius 2 is 1.60 bits per heavy atom. The average molecular weight is 541 g/mol. The molecule has 1 aliphatic carbocycles. The van der Waals surface area contributed by atoms with Gasteiger partial charge in [0.2, 0.25) is 0 Å². The third kappa shape index (κ3) is 6.49. The zero-order valence-electron chi connectivity index (χ0n) is 24.1. The standard InChI is InChI=1S/C34H40N2O4/c1-34(2,3)40-33(38)36(22-25-10-14-27(15-11-25)26-8-6-5-7-9-26)29-16-19-31-28(20-29)23-35(32(31)37)21-24-12-17-30(39-4)18-13-24/h10-20,26H,5-9,21-23H2,1-4H3. The molecule has 3 aromatic carbocycles. The van der Waals surface area contributed by atoms with Gasteiger partial charge in [0.1, 0.15) is 11.4 Å². The Morgan fingerprint density at radius 1 is 0.925 bits per heavy atom. The van der Waals surface area contributed by atoms with Gasteiger partial charge in [0, 0.05) is 24.3 Å². The predicted octanol–water partition coefficient (Wildman–Crippen LogP) is 7.84. The third-order valence-electron chi connectivity index (χ3n) is 7.82. The van der Waals surface area contributed by atoms with Crippen LogP contribution in [0, 0.1) is 0 Å². The molecule has 0 spiro atoms. The Morgan fingerprint density at radius 3 is 2.25 bits per heavy atom. The van der Waals surface area contributed by atoms with Crippen molar-refractivity contribution in [2.75, 3.05) is 12.0 Å². The lowest BCUT2D eigenvalue weighted by Crippen LogP contribution is -2.36. The molecule has 1 fully saturated rings. The number of methoxy groups -OCH3 is 1. The number of nitrogens with zero attached hydrogens (tertiary/aromatic N) is 2. The van der Waals surface area contributed by atoms with Crippen molar-refractivity contribution in [2.24, 2.45) is 0 Å². The van der Waals surface area contributed by atoms with Gasteiger partial charge in [-0.25, -0.2) is 4.79 Å². The fourth-order valence-corrected chi connectivity index (χ4v) is 5.71. The van der Waals surface area contributed by atoms with Gasteiger partial charge in [-0.05, 0) is 92.1 Å². The van der Waals surface area contributed by atoms with E-state index >= 15 is 0 Å². The van der Waals surface area contributed by atoms with Gasteiger partial charge in [0.15, 0.2) is 0 Å². The SMILES string of the molecule is COc1ccc(CN2Cc3cc(N(Cc4ccc(C5CCCCC5)cc4)C(=O)OC(C)(C)C)ccc3C2=O)cc1. The normalized spacial score (nSPS) is 15.6. The molecular formula is C34H40N2O4. The van der Waals surface area contributed by atoms with Crippen molar-refractivity contribution in [1.29, 1.82) is 0 Å². The number of hydrogen-bond donors (Lipinski definition) is 0. The van der Waals surface area contributed by atoms with Crippen LogP contribution >= 0.6 is 0 Å². The number of fused-ring (bicyclic) bond motifs is 1. The van der Waals surface area contributed by atoms with E-state index in [4.69, 9.17) is 9.47 Å². The molecule has 40 heavy (non-hydrogen) atoms. The van der Waals surface area contributed by atoms with Crippen molar-refractivity contribution in [2.45, 2.75) is 84.0 Å². The highest BCUT2D eigenvalue weighted by Crippen LogP contribution is 2.34. The highest BCUT2D eigenvalue weighted by Gasteiger charge is 2.30. The Kier molecular flexibility index (Phi) is 8.15. The molecule has 0 N–H and O–H groups in total. The van der Waals surface area contributed by atoms with Crippen LogP contribution in [0.3, 0.4) is 0 Å². The molecule has 5 rings (SSSR count). The van der Waals surface area contributed by atoms with E-state index < -0.39 is 11.7 Å². The molecule has 2 aliphatic rings. The zero-order valence-corrected chi connectivity index (χ0v) is 24.1. The van der Waals surface area contributed by atoms with E-state index in [9.17, 15) is 9.59 Å². The fourth-order valence-electron chi connectivity index (χ4n) is 5.71. The van der Waals surface area contributed by atoms with E-state index in [-0.39, 0.29) is 5.91 Å². The highest BCUT2D eigenvalue weighted by atomic mass is 16.6. The van der Waals surface area contributed by atoms with Crippen LogP contribution in [-0.2, 0) is 24.4 Å². The summed E-state index contributed by atoms with van der Waals surface area (Å²) in [5, 5.41) is 0. The van der Waals surface area contributed by atoms with Gasteiger partial charge in [0.25, 0.3) is 5.91 Å². The summed E-state index contributed by atoms with van der Waals surface area (Å²) in [5.74, 6) is 1.43. The van der Waals surface area contributed by atoms with Crippen LogP contribution in [0.15, 0.2) is 66.7 Å². The molecule has 1 saturated carbocycles. The van der Waals surface area contributed by atoms with E-state index in [1.165, 1.54) is 37.7 Å². The van der Waals surface area contributed by atoms with E-state index in [0.29, 0.717) is 31.1 Å². The first-order valence-electron chi connectivity index (χ1n) is 14.3. The van der Waals surface area contributed by atoms with Crippen molar-refractivity contribution in [1.82, 2.24) is 4.90 Å². The van der Waals surface area contributed by atoms with Crippen molar-refractivity contribution >= 4 is 17.7 Å². The number of carbonyl (C=O) groups is 2. The molecular weight excluding hydrogens is 500 g/mol. The van der Waals surface area contributed by atoms with Gasteiger partial charge in [-0.2, -0.15) is 0 Å². The summed E-state index contributed by atoms with van der Waals surface area (Å²) in [6.45, 7) is 7.02. The number of carbonyl (C=O) groups excluding carboxylic acids is 2. The minimum Gasteiger partial charge on any atom is -0.497 e. The molecule has 210 valence electrons. The molecule has 3 aromatic rings. The fraction of sp³-hybridized carbons (Fsp3) is 0.412. The Bertz CT molecular complexity index is 1340. The number of anilines is 1. The summed E-state index contributed by atoms with van der Waals surface area (Å²) < 4.78 is 11.1. The molecule has 0 atom stereocenters. The number of rotatable bonds is 7. The highest BCUT2D eigenvalue weighted by molar-refractivity contribution is 5.99. The second-order valence-corrected chi connectivity index (χ2v) is 12.0. The summed E-state index contributed by atoms with van der Waals surface area (Å²) >= 11 is 0. The molecule has 6 heteroatoms. The number of ether oxygens (including phenoxy) is 2. The molecule has 0 aromatic heterocycles. The van der Waals surface area contributed by atoms with Gasteiger partial charge in [-0.1, -0.05) is 55.7 Å². The second kappa shape index (κ2) is 11.7. The Hall–Kier alpha value is -3.80. The van der Waals surface area contributed by atoms with E-state index in [1.807, 2.05) is 68.1 Å². The van der Waals surface area contributed by atoms with Crippen LogP contribution in [0.2, 0.25) is 0 Å². The molecule has 2 amide bonds. The lowest BCUT2D eigenvalue weighted by Gasteiger charge is -2.28. The van der Waals surface area contributed by atoms with Crippen molar-refractivity contribution in [3.05, 3.63) is 94.5 Å². The van der Waals surface area contributed by atoms with Crippen LogP contribution in [0.4, 0.5) is 10.5 Å². The smallest absolute Gasteiger partial charge is 0.415 e. The van der Waals surface area contributed by atoms with Crippen LogP contribution in [-0.4, -0.2) is 29.6 Å². The maximum Gasteiger partial charge on any atom is 0.415 e. The summed E-state index contributed by atoms with van der Waals surface area (Å²) in [6, 6.07) is 22.1. The van der Waals surface area contributed by atoms with Crippen molar-refractivity contribution < 1.29 is 19.1 Å². The molecule has 1 aliphatic heterocycles. The number of amides is 2.